The van der Waals surface area contributed by atoms with Crippen molar-refractivity contribution >= 4 is 34.8 Å². The normalized spacial score (nSPS) is 25.3. The third kappa shape index (κ3) is 4.24. The van der Waals surface area contributed by atoms with Crippen molar-refractivity contribution in [3.63, 3.8) is 0 Å². The van der Waals surface area contributed by atoms with Gasteiger partial charge in [0.2, 0.25) is 5.91 Å². The number of halogens is 1. The maximum Gasteiger partial charge on any atom is 0.263 e. The molecule has 7 heteroatoms. The van der Waals surface area contributed by atoms with Crippen molar-refractivity contribution < 1.29 is 9.59 Å². The topological polar surface area (TPSA) is 52.7 Å². The Hall–Kier alpha value is -1.11. The van der Waals surface area contributed by atoms with Crippen LogP contribution in [0.1, 0.15) is 48.2 Å². The van der Waals surface area contributed by atoms with Crippen LogP contribution in [0.15, 0.2) is 12.1 Å². The minimum atomic E-state index is 0.0979. The summed E-state index contributed by atoms with van der Waals surface area (Å²) in [6.45, 7) is 3.52. The fraction of sp³-hybridized carbons (Fsp3) is 0.684. The van der Waals surface area contributed by atoms with Crippen LogP contribution in [0.3, 0.4) is 0 Å². The molecule has 0 bridgehead atoms. The summed E-state index contributed by atoms with van der Waals surface area (Å²) in [4.78, 5) is 30.1. The van der Waals surface area contributed by atoms with Gasteiger partial charge < -0.3 is 10.2 Å². The third-order valence-electron chi connectivity index (χ3n) is 5.80. The van der Waals surface area contributed by atoms with Crippen molar-refractivity contribution in [3.05, 3.63) is 21.3 Å². The molecule has 1 atom stereocenters. The number of likely N-dealkylation sites (tertiary alicyclic amines) is 2. The van der Waals surface area contributed by atoms with E-state index in [4.69, 9.17) is 11.6 Å². The number of nitrogens with zero attached hydrogens (tertiary/aromatic N) is 2. The van der Waals surface area contributed by atoms with Gasteiger partial charge in [0.05, 0.1) is 15.1 Å². The van der Waals surface area contributed by atoms with Crippen molar-refractivity contribution in [2.45, 2.75) is 50.6 Å². The molecule has 1 aromatic rings. The van der Waals surface area contributed by atoms with E-state index in [2.05, 4.69) is 10.2 Å². The molecule has 26 heavy (non-hydrogen) atoms. The number of piperidine rings is 2. The molecule has 0 aromatic carbocycles. The maximum atomic E-state index is 12.6. The van der Waals surface area contributed by atoms with Crippen molar-refractivity contribution in [2.24, 2.45) is 5.92 Å². The van der Waals surface area contributed by atoms with Gasteiger partial charge in [-0.3, -0.25) is 14.5 Å². The number of carbonyl (C=O) groups is 2. The zero-order chi connectivity index (χ0) is 18.1. The highest BCUT2D eigenvalue weighted by Crippen LogP contribution is 2.28. The van der Waals surface area contributed by atoms with Crippen LogP contribution in [0.5, 0.6) is 0 Å². The first-order chi connectivity index (χ1) is 12.6. The molecule has 3 fully saturated rings. The minimum absolute atomic E-state index is 0.0979. The van der Waals surface area contributed by atoms with E-state index in [1.807, 2.05) is 11.0 Å². The fourth-order valence-corrected chi connectivity index (χ4v) is 5.13. The van der Waals surface area contributed by atoms with Gasteiger partial charge in [0, 0.05) is 31.7 Å². The van der Waals surface area contributed by atoms with Crippen LogP contribution in [0.2, 0.25) is 4.34 Å². The van der Waals surface area contributed by atoms with Crippen molar-refractivity contribution in [1.82, 2.24) is 15.1 Å². The molecule has 5 nitrogen and oxygen atoms in total. The molecule has 1 aliphatic carbocycles. The van der Waals surface area contributed by atoms with Gasteiger partial charge >= 0.3 is 0 Å². The second kappa shape index (κ2) is 7.87. The summed E-state index contributed by atoms with van der Waals surface area (Å²) in [5.41, 5.74) is 0. The first-order valence-corrected chi connectivity index (χ1v) is 10.9. The van der Waals surface area contributed by atoms with E-state index in [0.717, 1.165) is 69.6 Å². The van der Waals surface area contributed by atoms with E-state index in [9.17, 15) is 9.59 Å². The predicted molar refractivity (Wildman–Crippen MR) is 104 cm³/mol. The summed E-state index contributed by atoms with van der Waals surface area (Å²) in [6.07, 6.45) is 6.36. The summed E-state index contributed by atoms with van der Waals surface area (Å²) < 4.78 is 0.659. The number of rotatable bonds is 4. The highest BCUT2D eigenvalue weighted by molar-refractivity contribution is 7.17. The molecule has 0 spiro atoms. The van der Waals surface area contributed by atoms with E-state index in [-0.39, 0.29) is 17.7 Å². The molecule has 0 radical (unpaired) electrons. The molecular formula is C19H26ClN3O2S. The van der Waals surface area contributed by atoms with Gasteiger partial charge in [0.15, 0.2) is 0 Å². The van der Waals surface area contributed by atoms with E-state index in [0.29, 0.717) is 16.4 Å². The average Bonchev–Trinajstić information content (AvgIpc) is 3.38. The summed E-state index contributed by atoms with van der Waals surface area (Å²) >= 11 is 7.30. The number of thiophene rings is 1. The average molecular weight is 396 g/mol. The Morgan fingerprint density at radius 2 is 1.85 bits per heavy atom. The van der Waals surface area contributed by atoms with Gasteiger partial charge in [-0.15, -0.1) is 11.3 Å². The summed E-state index contributed by atoms with van der Waals surface area (Å²) in [5, 5.41) is 3.16. The van der Waals surface area contributed by atoms with E-state index in [1.54, 1.807) is 6.07 Å². The van der Waals surface area contributed by atoms with Crippen LogP contribution in [0.4, 0.5) is 0 Å². The lowest BCUT2D eigenvalue weighted by molar-refractivity contribution is -0.127. The Morgan fingerprint density at radius 3 is 2.50 bits per heavy atom. The largest absolute Gasteiger partial charge is 0.353 e. The lowest BCUT2D eigenvalue weighted by atomic mass is 9.93. The summed E-state index contributed by atoms with van der Waals surface area (Å²) in [6, 6.07) is 4.53. The molecule has 2 amide bonds. The standard InChI is InChI=1S/C19H26ClN3O2S/c20-17-6-5-16(26-17)19(25)22-10-7-15(8-11-22)23-9-1-2-13(12-23)18(24)21-14-3-4-14/h5-6,13-15H,1-4,7-12H2,(H,21,24)/t13-/m1/s1. The van der Waals surface area contributed by atoms with Crippen molar-refractivity contribution in [1.29, 1.82) is 0 Å². The number of hydrogen-bond acceptors (Lipinski definition) is 4. The van der Waals surface area contributed by atoms with Gasteiger partial charge in [-0.05, 0) is 57.2 Å². The second-order valence-corrected chi connectivity index (χ2v) is 9.46. The Morgan fingerprint density at radius 1 is 1.08 bits per heavy atom. The lowest BCUT2D eigenvalue weighted by Gasteiger charge is -2.42. The number of carbonyl (C=O) groups excluding carboxylic acids is 2. The smallest absolute Gasteiger partial charge is 0.263 e. The van der Waals surface area contributed by atoms with Gasteiger partial charge in [-0.2, -0.15) is 0 Å². The van der Waals surface area contributed by atoms with Crippen LogP contribution in [0.25, 0.3) is 0 Å². The molecule has 3 aliphatic rings. The first kappa shape index (κ1) is 18.3. The Labute approximate surface area is 163 Å². The zero-order valence-corrected chi connectivity index (χ0v) is 16.5. The van der Waals surface area contributed by atoms with Gasteiger partial charge in [0.1, 0.15) is 0 Å². The molecular weight excluding hydrogens is 370 g/mol. The highest BCUT2D eigenvalue weighted by Gasteiger charge is 2.34. The van der Waals surface area contributed by atoms with Gasteiger partial charge in [-0.25, -0.2) is 0 Å². The molecule has 1 aromatic heterocycles. The number of hydrogen-bond donors (Lipinski definition) is 1. The highest BCUT2D eigenvalue weighted by atomic mass is 35.5. The fourth-order valence-electron chi connectivity index (χ4n) is 4.12. The predicted octanol–water partition coefficient (Wildman–Crippen LogP) is 3.00. The lowest BCUT2D eigenvalue weighted by Crippen LogP contribution is -2.51. The molecule has 142 valence electrons. The monoisotopic (exact) mass is 395 g/mol. The van der Waals surface area contributed by atoms with Crippen LogP contribution >= 0.6 is 22.9 Å². The molecule has 3 heterocycles. The number of nitrogens with one attached hydrogen (secondary N) is 1. The van der Waals surface area contributed by atoms with E-state index in [1.165, 1.54) is 11.3 Å². The second-order valence-electron chi connectivity index (χ2n) is 7.74. The Bertz CT molecular complexity index is 667. The Kier molecular flexibility index (Phi) is 5.53. The van der Waals surface area contributed by atoms with Crippen LogP contribution < -0.4 is 5.32 Å². The number of amides is 2. The van der Waals surface area contributed by atoms with Crippen LogP contribution in [-0.4, -0.2) is 59.9 Å². The maximum absolute atomic E-state index is 12.6. The van der Waals surface area contributed by atoms with Gasteiger partial charge in [0.25, 0.3) is 5.91 Å². The Balaban J connectivity index is 1.28. The first-order valence-electron chi connectivity index (χ1n) is 9.69. The minimum Gasteiger partial charge on any atom is -0.353 e. The van der Waals surface area contributed by atoms with Crippen LogP contribution in [-0.2, 0) is 4.79 Å². The van der Waals surface area contributed by atoms with Crippen molar-refractivity contribution in [3.8, 4) is 0 Å². The quantitative estimate of drug-likeness (QED) is 0.852. The van der Waals surface area contributed by atoms with Crippen molar-refractivity contribution in [2.75, 3.05) is 26.2 Å². The van der Waals surface area contributed by atoms with E-state index < -0.39 is 0 Å². The third-order valence-corrected chi connectivity index (χ3v) is 7.02. The van der Waals surface area contributed by atoms with Gasteiger partial charge in [-0.1, -0.05) is 11.6 Å². The molecule has 1 N–H and O–H groups in total. The molecule has 4 rings (SSSR count). The van der Waals surface area contributed by atoms with Crippen LogP contribution in [0, 0.1) is 5.92 Å². The SMILES string of the molecule is O=C(NC1CC1)[C@@H]1CCCN(C2CCN(C(=O)c3ccc(Cl)s3)CC2)C1. The zero-order valence-electron chi connectivity index (χ0n) is 15.0. The molecule has 2 aliphatic heterocycles. The summed E-state index contributed by atoms with van der Waals surface area (Å²) in [5.74, 6) is 0.484. The summed E-state index contributed by atoms with van der Waals surface area (Å²) in [7, 11) is 0. The molecule has 0 unspecified atom stereocenters. The molecule has 1 saturated carbocycles. The van der Waals surface area contributed by atoms with E-state index >= 15 is 0 Å². The molecule has 2 saturated heterocycles.